The number of anilines is 1. The van der Waals surface area contributed by atoms with E-state index in [0.717, 1.165) is 17.7 Å². The molecule has 2 rings (SSSR count). The van der Waals surface area contributed by atoms with E-state index in [4.69, 9.17) is 11.2 Å². The molecule has 0 heterocycles. The van der Waals surface area contributed by atoms with Crippen LogP contribution >= 0.6 is 24.0 Å². The summed E-state index contributed by atoms with van der Waals surface area (Å²) >= 11 is 0. The first-order valence-corrected chi connectivity index (χ1v) is 8.70. The second kappa shape index (κ2) is 13.4. The maximum Gasteiger partial charge on any atom is 0.243 e. The van der Waals surface area contributed by atoms with Crippen LogP contribution in [0.4, 0.5) is 5.69 Å². The summed E-state index contributed by atoms with van der Waals surface area (Å²) in [4.78, 5) is 16.1. The quantitative estimate of drug-likeness (QED) is 0.174. The minimum atomic E-state index is -0.181. The van der Waals surface area contributed by atoms with Gasteiger partial charge in [-0.05, 0) is 36.8 Å². The number of halogens is 1. The lowest BCUT2D eigenvalue weighted by Crippen LogP contribution is -2.41. The minimum absolute atomic E-state index is 0. The minimum Gasteiger partial charge on any atom is -0.494 e. The molecule has 0 bridgehead atoms. The first kappa shape index (κ1) is 23.3. The molecule has 0 unspecified atom stereocenters. The molecule has 2 aromatic carbocycles. The van der Waals surface area contributed by atoms with Gasteiger partial charge in [0, 0.05) is 24.8 Å². The Morgan fingerprint density at radius 3 is 2.64 bits per heavy atom. The molecule has 0 aliphatic heterocycles. The first-order chi connectivity index (χ1) is 13.2. The molecule has 3 N–H and O–H groups in total. The molecular weight excluding hydrogens is 467 g/mol. The van der Waals surface area contributed by atoms with E-state index in [2.05, 4.69) is 26.9 Å². The molecule has 0 fully saturated rings. The number of guanidine groups is 1. The Kier molecular flexibility index (Phi) is 11.2. The largest absolute Gasteiger partial charge is 0.494 e. The zero-order chi connectivity index (χ0) is 19.3. The van der Waals surface area contributed by atoms with Crippen LogP contribution in [0.15, 0.2) is 59.6 Å². The van der Waals surface area contributed by atoms with Crippen molar-refractivity contribution in [1.82, 2.24) is 10.6 Å². The Morgan fingerprint density at radius 2 is 1.93 bits per heavy atom. The van der Waals surface area contributed by atoms with Crippen LogP contribution in [0.5, 0.6) is 5.75 Å². The summed E-state index contributed by atoms with van der Waals surface area (Å²) < 4.78 is 5.63. The average molecular weight is 492 g/mol. The molecule has 0 saturated heterocycles. The molecule has 0 aromatic heterocycles. The summed E-state index contributed by atoms with van der Waals surface area (Å²) in [6.45, 7) is 1.37. The van der Waals surface area contributed by atoms with Gasteiger partial charge in [-0.1, -0.05) is 30.2 Å². The highest BCUT2D eigenvalue weighted by atomic mass is 127. The Balaban J connectivity index is 0.00000392. The summed E-state index contributed by atoms with van der Waals surface area (Å²) in [7, 11) is 1.66. The Labute approximate surface area is 183 Å². The molecule has 28 heavy (non-hydrogen) atoms. The van der Waals surface area contributed by atoms with Crippen LogP contribution in [0, 0.1) is 12.3 Å². The predicted molar refractivity (Wildman–Crippen MR) is 124 cm³/mol. The summed E-state index contributed by atoms with van der Waals surface area (Å²) in [6, 6.07) is 16.8. The highest BCUT2D eigenvalue weighted by Gasteiger charge is 2.04. The van der Waals surface area contributed by atoms with Gasteiger partial charge in [0.1, 0.15) is 5.75 Å². The lowest BCUT2D eigenvalue weighted by atomic mass is 10.2. The summed E-state index contributed by atoms with van der Waals surface area (Å²) in [5, 5.41) is 8.91. The van der Waals surface area contributed by atoms with Crippen molar-refractivity contribution in [1.29, 1.82) is 0 Å². The molecule has 148 valence electrons. The molecule has 7 heteroatoms. The number of terminal acetylenes is 1. The third-order valence-electron chi connectivity index (χ3n) is 3.58. The molecule has 0 spiro atoms. The van der Waals surface area contributed by atoms with Crippen molar-refractivity contribution in [3.05, 3.63) is 60.2 Å². The van der Waals surface area contributed by atoms with Crippen molar-refractivity contribution >= 4 is 41.5 Å². The molecule has 0 saturated carbocycles. The van der Waals surface area contributed by atoms with Crippen LogP contribution < -0.4 is 20.7 Å². The van der Waals surface area contributed by atoms with Crippen LogP contribution in [-0.4, -0.2) is 38.6 Å². The van der Waals surface area contributed by atoms with Crippen molar-refractivity contribution < 1.29 is 9.53 Å². The average Bonchev–Trinajstić information content (AvgIpc) is 2.71. The number of rotatable bonds is 8. The number of hydrogen-bond donors (Lipinski definition) is 3. The number of carbonyl (C=O) groups is 1. The molecule has 0 aliphatic rings. The van der Waals surface area contributed by atoms with E-state index < -0.39 is 0 Å². The van der Waals surface area contributed by atoms with E-state index in [1.54, 1.807) is 31.3 Å². The van der Waals surface area contributed by atoms with Gasteiger partial charge >= 0.3 is 0 Å². The molecular formula is C21H25IN4O2. The zero-order valence-electron chi connectivity index (χ0n) is 15.8. The maximum absolute atomic E-state index is 12.0. The third-order valence-corrected chi connectivity index (χ3v) is 3.58. The van der Waals surface area contributed by atoms with Crippen LogP contribution in [0.25, 0.3) is 0 Å². The van der Waals surface area contributed by atoms with E-state index in [-0.39, 0.29) is 36.4 Å². The number of carbonyl (C=O) groups excluding carboxylic acids is 1. The number of benzene rings is 2. The van der Waals surface area contributed by atoms with Crippen LogP contribution in [0.1, 0.15) is 12.0 Å². The molecule has 1 amide bonds. The van der Waals surface area contributed by atoms with E-state index in [9.17, 15) is 4.79 Å². The summed E-state index contributed by atoms with van der Waals surface area (Å²) in [6.07, 6.45) is 6.17. The van der Waals surface area contributed by atoms with Crippen molar-refractivity contribution in [3.8, 4) is 18.1 Å². The number of aliphatic imine (C=N–C) groups is 1. The Hall–Kier alpha value is -2.73. The Morgan fingerprint density at radius 1 is 1.14 bits per heavy atom. The van der Waals surface area contributed by atoms with Crippen LogP contribution in [-0.2, 0) is 4.79 Å². The Bertz CT molecular complexity index is 804. The number of nitrogens with one attached hydrogen (secondary N) is 3. The van der Waals surface area contributed by atoms with Gasteiger partial charge in [-0.2, -0.15) is 0 Å². The molecule has 6 nitrogen and oxygen atoms in total. The van der Waals surface area contributed by atoms with E-state index in [1.165, 1.54) is 0 Å². The highest BCUT2D eigenvalue weighted by Crippen LogP contribution is 2.09. The number of amides is 1. The fourth-order valence-electron chi connectivity index (χ4n) is 2.26. The van der Waals surface area contributed by atoms with Crippen molar-refractivity contribution in [2.45, 2.75) is 6.42 Å². The first-order valence-electron chi connectivity index (χ1n) is 8.70. The van der Waals surface area contributed by atoms with Gasteiger partial charge in [0.05, 0.1) is 13.2 Å². The lowest BCUT2D eigenvalue weighted by molar-refractivity contribution is -0.115. The second-order valence-electron chi connectivity index (χ2n) is 5.64. The van der Waals surface area contributed by atoms with Crippen LogP contribution in [0.2, 0.25) is 0 Å². The molecule has 2 aromatic rings. The third kappa shape index (κ3) is 8.77. The van der Waals surface area contributed by atoms with E-state index >= 15 is 0 Å². The standard InChI is InChI=1S/C21H24N4O2.HI/c1-3-17-9-7-10-18(15-17)25-20(26)16-24-21(22-2)23-13-8-14-27-19-11-5-4-6-12-19;/h1,4-7,9-12,15H,8,13-14,16H2,2H3,(H,25,26)(H2,22,23,24);1H. The molecule has 0 aliphatic carbocycles. The lowest BCUT2D eigenvalue weighted by Gasteiger charge is -2.12. The number of para-hydroxylation sites is 1. The fraction of sp³-hybridized carbons (Fsp3) is 0.238. The van der Waals surface area contributed by atoms with Crippen molar-refractivity contribution in [2.75, 3.05) is 32.1 Å². The summed E-state index contributed by atoms with van der Waals surface area (Å²) in [5.74, 6) is 3.77. The second-order valence-corrected chi connectivity index (χ2v) is 5.64. The number of hydrogen-bond acceptors (Lipinski definition) is 3. The van der Waals surface area contributed by atoms with Gasteiger partial charge < -0.3 is 20.7 Å². The highest BCUT2D eigenvalue weighted by molar-refractivity contribution is 14.0. The monoisotopic (exact) mass is 492 g/mol. The van der Waals surface area contributed by atoms with Gasteiger partial charge in [-0.3, -0.25) is 9.79 Å². The summed E-state index contributed by atoms with van der Waals surface area (Å²) in [5.41, 5.74) is 1.38. The molecule has 0 radical (unpaired) electrons. The van der Waals surface area contributed by atoms with Crippen LogP contribution in [0.3, 0.4) is 0 Å². The van der Waals surface area contributed by atoms with Gasteiger partial charge in [0.25, 0.3) is 0 Å². The van der Waals surface area contributed by atoms with Crippen molar-refractivity contribution in [2.24, 2.45) is 4.99 Å². The predicted octanol–water partition coefficient (Wildman–Crippen LogP) is 2.86. The van der Waals surface area contributed by atoms with Crippen molar-refractivity contribution in [3.63, 3.8) is 0 Å². The number of nitrogens with zero attached hydrogens (tertiary/aromatic N) is 1. The van der Waals surface area contributed by atoms with Gasteiger partial charge in [0.15, 0.2) is 5.96 Å². The zero-order valence-corrected chi connectivity index (χ0v) is 18.1. The van der Waals surface area contributed by atoms with Gasteiger partial charge in [-0.25, -0.2) is 0 Å². The normalized spacial score (nSPS) is 10.2. The molecule has 0 atom stereocenters. The topological polar surface area (TPSA) is 74.8 Å². The maximum atomic E-state index is 12.0. The smallest absolute Gasteiger partial charge is 0.243 e. The SMILES string of the molecule is C#Cc1cccc(NC(=O)CNC(=NC)NCCCOc2ccccc2)c1.I. The van der Waals surface area contributed by atoms with Gasteiger partial charge in [-0.15, -0.1) is 30.4 Å². The fourth-order valence-corrected chi connectivity index (χ4v) is 2.26. The van der Waals surface area contributed by atoms with Gasteiger partial charge in [0.2, 0.25) is 5.91 Å². The van der Waals surface area contributed by atoms with E-state index in [0.29, 0.717) is 24.8 Å². The number of ether oxygens (including phenoxy) is 1. The van der Waals surface area contributed by atoms with E-state index in [1.807, 2.05) is 30.3 Å².